The van der Waals surface area contributed by atoms with E-state index in [0.717, 1.165) is 25.7 Å². The van der Waals surface area contributed by atoms with Gasteiger partial charge in [-0.25, -0.2) is 24.3 Å². The zero-order valence-corrected chi connectivity index (χ0v) is 72.7. The number of halogens is 2. The molecule has 552 valence electrons. The molecule has 4 aliphatic rings. The molecule has 12 aromatic carbocycles. The molecule has 12 aromatic rings. The van der Waals surface area contributed by atoms with E-state index in [1.165, 1.54) is 166 Å². The van der Waals surface area contributed by atoms with Gasteiger partial charge in [0.2, 0.25) is 0 Å². The average Bonchev–Trinajstić information content (AvgIpc) is 1.70. The first-order valence-corrected chi connectivity index (χ1v) is 40.9. The van der Waals surface area contributed by atoms with Gasteiger partial charge in [-0.05, 0) is 56.8 Å². The van der Waals surface area contributed by atoms with Crippen molar-refractivity contribution >= 4 is 6.41 Å². The maximum atomic E-state index is 3.67. The van der Waals surface area contributed by atoms with Crippen molar-refractivity contribution in [3.63, 3.8) is 0 Å². The second kappa shape index (κ2) is 40.2. The number of allylic oxidation sites excluding steroid dienone is 8. The van der Waals surface area contributed by atoms with Gasteiger partial charge in [-0.15, -0.1) is 35.1 Å². The van der Waals surface area contributed by atoms with E-state index in [-0.39, 0.29) is 70.1 Å². The Bertz CT molecular complexity index is 4220. The van der Waals surface area contributed by atoms with Crippen LogP contribution < -0.4 is 24.8 Å². The fraction of sp³-hybridized carbons (Fsp3) is 0.226. The van der Waals surface area contributed by atoms with Gasteiger partial charge in [0.05, 0.1) is 0 Å². The van der Waals surface area contributed by atoms with Crippen molar-refractivity contribution < 1.29 is 73.3 Å². The Labute approximate surface area is 702 Å². The third kappa shape index (κ3) is 22.9. The molecule has 0 unspecified atom stereocenters. The summed E-state index contributed by atoms with van der Waals surface area (Å²) < 4.78 is 3.06. The molecule has 0 radical (unpaired) electrons. The number of hydrogen-bond acceptors (Lipinski definition) is 0. The number of benzene rings is 12. The molecule has 0 amide bonds. The van der Waals surface area contributed by atoms with E-state index in [1.807, 2.05) is 24.3 Å². The van der Waals surface area contributed by atoms with E-state index in [2.05, 4.69) is 423 Å². The van der Waals surface area contributed by atoms with Gasteiger partial charge in [0.25, 0.3) is 0 Å². The Morgan fingerprint density at radius 1 is 0.282 bits per heavy atom. The van der Waals surface area contributed by atoms with Crippen LogP contribution in [0.4, 0.5) is 0 Å². The van der Waals surface area contributed by atoms with E-state index in [1.54, 1.807) is 0 Å². The van der Waals surface area contributed by atoms with Gasteiger partial charge in [-0.3, -0.25) is 12.2 Å². The molecule has 0 spiro atoms. The minimum absolute atomic E-state index is 0. The van der Waals surface area contributed by atoms with Gasteiger partial charge in [0.1, 0.15) is 0 Å². The van der Waals surface area contributed by atoms with Crippen LogP contribution >= 0.6 is 0 Å². The summed E-state index contributed by atoms with van der Waals surface area (Å²) in [6, 6.07) is 118. The van der Waals surface area contributed by atoms with E-state index in [4.69, 9.17) is 0 Å². The first kappa shape index (κ1) is 85.7. The molecular weight excluding hydrogens is 1530 g/mol. The van der Waals surface area contributed by atoms with Gasteiger partial charge >= 0.3 is 366 Å². The maximum absolute atomic E-state index is 3.67. The monoisotopic (exact) mass is 1630 g/mol. The van der Waals surface area contributed by atoms with Crippen molar-refractivity contribution in [2.45, 2.75) is 154 Å². The quantitative estimate of drug-likeness (QED) is 0.107. The minimum atomic E-state index is 0. The molecule has 0 saturated carbocycles. The van der Waals surface area contributed by atoms with Crippen LogP contribution in [0.3, 0.4) is 0 Å². The Balaban J connectivity index is 0.000000161. The molecule has 0 aromatic heterocycles. The molecule has 4 aliphatic carbocycles. The summed E-state index contributed by atoms with van der Waals surface area (Å²) in [6.45, 7) is 27.2. The molecule has 4 heteroatoms. The Kier molecular flexibility index (Phi) is 31.3. The molecule has 0 aliphatic heterocycles. The predicted molar refractivity (Wildman–Crippen MR) is 454 cm³/mol. The summed E-state index contributed by atoms with van der Waals surface area (Å²) in [7, 11) is 0. The van der Waals surface area contributed by atoms with Crippen LogP contribution in [-0.2, 0) is 83.0 Å². The number of fused-ring (bicyclic) bond motifs is 6. The SMILES string of the molecule is CC(C)(C)c1[c-]c2c(cc1)-c1ccc(C(C)(C)C)cc1C2.CC(C)(C)c1[c-]c2c(cc1)-c1ccc(C(C)(C)C)cc1C2.[C-]1=CC=CC1.[C-]1=CC=CC1.[Cl-].[Cl-].[Zr+2]=[C](C(c1ccccc1)c1ccccc1)C(c1ccccc1)c1ccccc1.[Zr+2]=[C](C(c1ccccc1)c1ccccc1)C(c1ccccc1)c1ccccc1. The van der Waals surface area contributed by atoms with Gasteiger partial charge < -0.3 is 24.8 Å². The van der Waals surface area contributed by atoms with Crippen LogP contribution in [0, 0.1) is 24.3 Å². The molecular formula is C106H104Cl2Zr2-2. The fourth-order valence-corrected chi connectivity index (χ4v) is 17.7. The van der Waals surface area contributed by atoms with Crippen molar-refractivity contribution in [2.75, 3.05) is 0 Å². The Morgan fingerprint density at radius 3 is 0.691 bits per heavy atom. The van der Waals surface area contributed by atoms with Crippen LogP contribution in [-0.4, -0.2) is 6.41 Å². The number of rotatable bonds is 12. The molecule has 0 fully saturated rings. The second-order valence-corrected chi connectivity index (χ2v) is 35.4. The predicted octanol–water partition coefficient (Wildman–Crippen LogP) is 20.7. The Morgan fingerprint density at radius 2 is 0.509 bits per heavy atom. The van der Waals surface area contributed by atoms with Crippen LogP contribution in [0.1, 0.15) is 209 Å². The molecule has 0 N–H and O–H groups in total. The first-order chi connectivity index (χ1) is 52.0. The standard InChI is InChI=1S/2C27H22.2C21H25.2C5H5.2ClH.2Zr/c2*1-5-13-22(14-6-1)26(23-15-7-2-8-16-23)21-27(24-17-9-3-10-18-24)25-19-11-4-12-20-25;2*1-20(2,3)16-7-9-18-14(12-16)11-15-13-17(21(4,5)6)8-10-19(15)18;2*1-2-4-5-3-1;;;;/h2*1-20,26-27H;2*7-10,12H,11H2,1-6H3;2*1-3H,4H2;2*1H;;/q;;4*-1;;;2*+2/p-2. The van der Waals surface area contributed by atoms with Crippen molar-refractivity contribution in [3.8, 4) is 22.3 Å². The van der Waals surface area contributed by atoms with E-state index >= 15 is 0 Å². The van der Waals surface area contributed by atoms with Crippen LogP contribution in [0.5, 0.6) is 0 Å². The molecule has 0 atom stereocenters. The van der Waals surface area contributed by atoms with Crippen LogP contribution in [0.15, 0.2) is 340 Å². The number of hydrogen-bond donors (Lipinski definition) is 0. The molecule has 0 bridgehead atoms. The van der Waals surface area contributed by atoms with Crippen molar-refractivity contribution in [1.29, 1.82) is 0 Å². The van der Waals surface area contributed by atoms with E-state index in [9.17, 15) is 0 Å². The van der Waals surface area contributed by atoms with Gasteiger partial charge in [0, 0.05) is 0 Å². The summed E-state index contributed by atoms with van der Waals surface area (Å²) in [5.74, 6) is 1.13. The zero-order chi connectivity index (χ0) is 76.3. The summed E-state index contributed by atoms with van der Waals surface area (Å²) in [5, 5.41) is 0. The fourth-order valence-electron chi connectivity index (χ4n) is 14.4. The van der Waals surface area contributed by atoms with Gasteiger partial charge in [0.15, 0.2) is 0 Å². The third-order valence-electron chi connectivity index (χ3n) is 20.4. The molecule has 110 heavy (non-hydrogen) atoms. The summed E-state index contributed by atoms with van der Waals surface area (Å²) in [6.07, 6.45) is 22.1. The van der Waals surface area contributed by atoms with Crippen LogP contribution in [0.2, 0.25) is 0 Å². The molecule has 0 heterocycles. The summed E-state index contributed by atoms with van der Waals surface area (Å²) in [5.41, 5.74) is 28.3. The Hall–Kier alpha value is -8.31. The third-order valence-corrected chi connectivity index (χ3v) is 23.2. The van der Waals surface area contributed by atoms with E-state index in [0.29, 0.717) is 0 Å². The average molecular weight is 1630 g/mol. The molecule has 0 nitrogen and oxygen atoms in total. The van der Waals surface area contributed by atoms with Crippen molar-refractivity contribution in [3.05, 3.63) is 453 Å². The molecule has 16 rings (SSSR count). The topological polar surface area (TPSA) is 0 Å². The molecule has 0 saturated heterocycles. The normalized spacial score (nSPS) is 12.5. The van der Waals surface area contributed by atoms with Crippen molar-refractivity contribution in [1.82, 2.24) is 0 Å². The zero-order valence-electron chi connectivity index (χ0n) is 66.2. The summed E-state index contributed by atoms with van der Waals surface area (Å²) >= 11 is 2.94. The van der Waals surface area contributed by atoms with Crippen LogP contribution in [0.25, 0.3) is 22.3 Å². The summed E-state index contributed by atoms with van der Waals surface area (Å²) in [4.78, 5) is 0. The van der Waals surface area contributed by atoms with Gasteiger partial charge in [-0.2, -0.15) is 59.7 Å². The second-order valence-electron chi connectivity index (χ2n) is 32.6. The van der Waals surface area contributed by atoms with Gasteiger partial charge in [-0.1, -0.05) is 131 Å². The van der Waals surface area contributed by atoms with Crippen molar-refractivity contribution in [2.24, 2.45) is 0 Å². The van der Waals surface area contributed by atoms with E-state index < -0.39 is 0 Å². The first-order valence-electron chi connectivity index (χ1n) is 38.4.